The predicted molar refractivity (Wildman–Crippen MR) is 85.8 cm³/mol. The fourth-order valence-corrected chi connectivity index (χ4v) is 3.04. The largest absolute Gasteiger partial charge is 0.355 e. The first-order chi connectivity index (χ1) is 10.6. The molecule has 1 fully saturated rings. The van der Waals surface area contributed by atoms with Gasteiger partial charge in [0, 0.05) is 13.6 Å². The highest BCUT2D eigenvalue weighted by molar-refractivity contribution is 6.00. The maximum atomic E-state index is 12.5. The fourth-order valence-electron chi connectivity index (χ4n) is 3.04. The van der Waals surface area contributed by atoms with E-state index in [0.717, 1.165) is 25.7 Å². The summed E-state index contributed by atoms with van der Waals surface area (Å²) in [5.74, 6) is -0.580. The Hall–Kier alpha value is -1.57. The number of nitriles is 1. The number of rotatable bonds is 8. The molecule has 2 amide bonds. The van der Waals surface area contributed by atoms with Crippen molar-refractivity contribution in [1.82, 2.24) is 10.2 Å². The SMILES string of the molecule is CCCCNC(=O)C(CC1CCCCC1)C(=O)N(C)CC#N. The predicted octanol–water partition coefficient (Wildman–Crippen LogP) is 2.47. The Kier molecular flexibility index (Phi) is 8.57. The van der Waals surface area contributed by atoms with Crippen molar-refractivity contribution in [3.63, 3.8) is 0 Å². The Balaban J connectivity index is 2.68. The van der Waals surface area contributed by atoms with Gasteiger partial charge in [-0.3, -0.25) is 9.59 Å². The smallest absolute Gasteiger partial charge is 0.235 e. The first kappa shape index (κ1) is 18.5. The molecule has 0 heterocycles. The van der Waals surface area contributed by atoms with Crippen LogP contribution in [0.5, 0.6) is 0 Å². The molecule has 0 saturated heterocycles. The zero-order valence-corrected chi connectivity index (χ0v) is 13.9. The second-order valence-corrected chi connectivity index (χ2v) is 6.29. The quantitative estimate of drug-likeness (QED) is 0.425. The molecular weight excluding hydrogens is 278 g/mol. The van der Waals surface area contributed by atoms with Crippen LogP contribution in [-0.4, -0.2) is 36.9 Å². The average molecular weight is 307 g/mol. The Bertz CT molecular complexity index is 397. The lowest BCUT2D eigenvalue weighted by Gasteiger charge is -2.27. The maximum absolute atomic E-state index is 12.5. The molecule has 1 N–H and O–H groups in total. The van der Waals surface area contributed by atoms with Crippen LogP contribution in [0.1, 0.15) is 58.3 Å². The molecule has 1 aliphatic rings. The minimum Gasteiger partial charge on any atom is -0.355 e. The standard InChI is InChI=1S/C17H29N3O2/c1-3-4-11-19-16(21)15(17(22)20(2)12-10-18)13-14-8-6-5-7-9-14/h14-15H,3-9,11-13H2,1-2H3,(H,19,21). The van der Waals surface area contributed by atoms with Crippen LogP contribution < -0.4 is 5.32 Å². The highest BCUT2D eigenvalue weighted by Gasteiger charge is 2.32. The Morgan fingerprint density at radius 2 is 2.00 bits per heavy atom. The van der Waals surface area contributed by atoms with Crippen LogP contribution in [0.2, 0.25) is 0 Å². The van der Waals surface area contributed by atoms with Gasteiger partial charge in [-0.2, -0.15) is 5.26 Å². The lowest BCUT2D eigenvalue weighted by atomic mass is 9.82. The van der Waals surface area contributed by atoms with E-state index in [1.807, 2.05) is 6.07 Å². The van der Waals surface area contributed by atoms with Gasteiger partial charge in [-0.1, -0.05) is 45.4 Å². The summed E-state index contributed by atoms with van der Waals surface area (Å²) in [5, 5.41) is 11.6. The summed E-state index contributed by atoms with van der Waals surface area (Å²) in [6.45, 7) is 2.71. The molecule has 0 bridgehead atoms. The van der Waals surface area contributed by atoms with E-state index in [0.29, 0.717) is 18.9 Å². The van der Waals surface area contributed by atoms with Gasteiger partial charge in [0.05, 0.1) is 6.07 Å². The summed E-state index contributed by atoms with van der Waals surface area (Å²) in [6.07, 6.45) is 8.40. The van der Waals surface area contributed by atoms with E-state index in [1.54, 1.807) is 7.05 Å². The van der Waals surface area contributed by atoms with Gasteiger partial charge >= 0.3 is 0 Å². The first-order valence-electron chi connectivity index (χ1n) is 8.49. The zero-order chi connectivity index (χ0) is 16.4. The molecule has 0 radical (unpaired) electrons. The number of amides is 2. The van der Waals surface area contributed by atoms with Crippen molar-refractivity contribution in [3.8, 4) is 6.07 Å². The van der Waals surface area contributed by atoms with Crippen LogP contribution in [0.25, 0.3) is 0 Å². The fraction of sp³-hybridized carbons (Fsp3) is 0.824. The molecule has 0 aromatic heterocycles. The second kappa shape index (κ2) is 10.2. The van der Waals surface area contributed by atoms with Gasteiger partial charge in [0.25, 0.3) is 0 Å². The number of carbonyl (C=O) groups is 2. The van der Waals surface area contributed by atoms with Gasteiger partial charge < -0.3 is 10.2 Å². The highest BCUT2D eigenvalue weighted by Crippen LogP contribution is 2.29. The minimum absolute atomic E-state index is 0.0300. The topological polar surface area (TPSA) is 73.2 Å². The molecule has 0 spiro atoms. The molecule has 22 heavy (non-hydrogen) atoms. The molecular formula is C17H29N3O2. The van der Waals surface area contributed by atoms with Gasteiger partial charge in [-0.05, 0) is 18.8 Å². The molecule has 0 aromatic carbocycles. The highest BCUT2D eigenvalue weighted by atomic mass is 16.2. The van der Waals surface area contributed by atoms with Gasteiger partial charge in [0.1, 0.15) is 12.5 Å². The number of unbranched alkanes of at least 4 members (excludes halogenated alkanes) is 1. The first-order valence-corrected chi connectivity index (χ1v) is 8.49. The number of nitrogens with one attached hydrogen (secondary N) is 1. The summed E-state index contributed by atoms with van der Waals surface area (Å²) >= 11 is 0. The normalized spacial score (nSPS) is 16.6. The van der Waals surface area contributed by atoms with Crippen molar-refractivity contribution >= 4 is 11.8 Å². The average Bonchev–Trinajstić information content (AvgIpc) is 2.53. The van der Waals surface area contributed by atoms with E-state index in [2.05, 4.69) is 12.2 Å². The number of hydrogen-bond donors (Lipinski definition) is 1. The number of nitrogens with zero attached hydrogens (tertiary/aromatic N) is 2. The molecule has 0 aliphatic heterocycles. The molecule has 5 nitrogen and oxygen atoms in total. The van der Waals surface area contributed by atoms with Crippen LogP contribution in [0, 0.1) is 23.2 Å². The Morgan fingerprint density at radius 1 is 1.32 bits per heavy atom. The maximum Gasteiger partial charge on any atom is 0.235 e. The van der Waals surface area contributed by atoms with Gasteiger partial charge in [0.2, 0.25) is 11.8 Å². The Morgan fingerprint density at radius 3 is 2.59 bits per heavy atom. The molecule has 1 aliphatic carbocycles. The van der Waals surface area contributed by atoms with Crippen molar-refractivity contribution in [2.24, 2.45) is 11.8 Å². The van der Waals surface area contributed by atoms with Gasteiger partial charge in [-0.15, -0.1) is 0 Å². The molecule has 1 rings (SSSR count). The van der Waals surface area contributed by atoms with Crippen molar-refractivity contribution in [2.45, 2.75) is 58.3 Å². The lowest BCUT2D eigenvalue weighted by Crippen LogP contribution is -2.43. The van der Waals surface area contributed by atoms with E-state index < -0.39 is 5.92 Å². The molecule has 1 atom stereocenters. The van der Waals surface area contributed by atoms with Crippen LogP contribution >= 0.6 is 0 Å². The molecule has 5 heteroatoms. The lowest BCUT2D eigenvalue weighted by molar-refractivity contribution is -0.141. The monoisotopic (exact) mass is 307 g/mol. The molecule has 1 saturated carbocycles. The van der Waals surface area contributed by atoms with Gasteiger partial charge in [-0.25, -0.2) is 0 Å². The van der Waals surface area contributed by atoms with Crippen molar-refractivity contribution in [1.29, 1.82) is 5.26 Å². The van der Waals surface area contributed by atoms with Crippen molar-refractivity contribution < 1.29 is 9.59 Å². The number of carbonyl (C=O) groups excluding carboxylic acids is 2. The summed E-state index contributed by atoms with van der Waals surface area (Å²) in [5.41, 5.74) is 0. The molecule has 0 aromatic rings. The van der Waals surface area contributed by atoms with E-state index in [1.165, 1.54) is 24.2 Å². The molecule has 124 valence electrons. The summed E-state index contributed by atoms with van der Waals surface area (Å²) in [6, 6.07) is 1.97. The third kappa shape index (κ3) is 6.05. The van der Waals surface area contributed by atoms with E-state index in [4.69, 9.17) is 5.26 Å². The van der Waals surface area contributed by atoms with Crippen LogP contribution in [-0.2, 0) is 9.59 Å². The third-order valence-corrected chi connectivity index (χ3v) is 4.42. The van der Waals surface area contributed by atoms with Crippen molar-refractivity contribution in [3.05, 3.63) is 0 Å². The summed E-state index contributed by atoms with van der Waals surface area (Å²) in [4.78, 5) is 26.3. The zero-order valence-electron chi connectivity index (χ0n) is 13.9. The van der Waals surface area contributed by atoms with Crippen molar-refractivity contribution in [2.75, 3.05) is 20.1 Å². The van der Waals surface area contributed by atoms with E-state index >= 15 is 0 Å². The van der Waals surface area contributed by atoms with E-state index in [-0.39, 0.29) is 18.4 Å². The van der Waals surface area contributed by atoms with Crippen LogP contribution in [0.15, 0.2) is 0 Å². The van der Waals surface area contributed by atoms with Crippen LogP contribution in [0.4, 0.5) is 0 Å². The Labute approximate surface area is 134 Å². The second-order valence-electron chi connectivity index (χ2n) is 6.29. The number of hydrogen-bond acceptors (Lipinski definition) is 3. The summed E-state index contributed by atoms with van der Waals surface area (Å²) in [7, 11) is 1.60. The van der Waals surface area contributed by atoms with Crippen LogP contribution in [0.3, 0.4) is 0 Å². The minimum atomic E-state index is -0.640. The van der Waals surface area contributed by atoms with Gasteiger partial charge in [0.15, 0.2) is 0 Å². The van der Waals surface area contributed by atoms with E-state index in [9.17, 15) is 9.59 Å². The summed E-state index contributed by atoms with van der Waals surface area (Å²) < 4.78 is 0. The third-order valence-electron chi connectivity index (χ3n) is 4.42. The molecule has 1 unspecified atom stereocenters.